The summed E-state index contributed by atoms with van der Waals surface area (Å²) in [7, 11) is 1.76. The SMILES string of the molecule is Cn1nnnc1SCCC(=O)Nc1cccc(Cl)c1. The summed E-state index contributed by atoms with van der Waals surface area (Å²) in [4.78, 5) is 11.7. The van der Waals surface area contributed by atoms with Crippen LogP contribution in [0.4, 0.5) is 5.69 Å². The number of anilines is 1. The summed E-state index contributed by atoms with van der Waals surface area (Å²) >= 11 is 7.27. The quantitative estimate of drug-likeness (QED) is 0.854. The molecule has 0 radical (unpaired) electrons. The zero-order valence-electron chi connectivity index (χ0n) is 10.2. The maximum Gasteiger partial charge on any atom is 0.225 e. The lowest BCUT2D eigenvalue weighted by atomic mass is 10.3. The Labute approximate surface area is 119 Å². The van der Waals surface area contributed by atoms with Crippen molar-refractivity contribution in [2.45, 2.75) is 11.6 Å². The lowest BCUT2D eigenvalue weighted by Crippen LogP contribution is -2.12. The van der Waals surface area contributed by atoms with E-state index < -0.39 is 0 Å². The number of aromatic nitrogens is 4. The van der Waals surface area contributed by atoms with Crippen molar-refractivity contribution in [2.75, 3.05) is 11.1 Å². The molecule has 0 spiro atoms. The van der Waals surface area contributed by atoms with Gasteiger partial charge in [0.25, 0.3) is 0 Å². The van der Waals surface area contributed by atoms with Gasteiger partial charge >= 0.3 is 0 Å². The van der Waals surface area contributed by atoms with Crippen LogP contribution in [0.3, 0.4) is 0 Å². The molecule has 1 aromatic carbocycles. The van der Waals surface area contributed by atoms with Crippen molar-refractivity contribution < 1.29 is 4.79 Å². The fourth-order valence-electron chi connectivity index (χ4n) is 1.37. The Kier molecular flexibility index (Phi) is 4.75. The number of halogens is 1. The van der Waals surface area contributed by atoms with E-state index in [4.69, 9.17) is 11.6 Å². The Bertz CT molecular complexity index is 574. The topological polar surface area (TPSA) is 72.7 Å². The molecule has 6 nitrogen and oxygen atoms in total. The molecule has 0 aliphatic rings. The molecular weight excluding hydrogens is 286 g/mol. The largest absolute Gasteiger partial charge is 0.326 e. The number of nitrogens with zero attached hydrogens (tertiary/aromatic N) is 4. The van der Waals surface area contributed by atoms with Gasteiger partial charge in [0.2, 0.25) is 11.1 Å². The predicted octanol–water partition coefficient (Wildman–Crippen LogP) is 1.98. The van der Waals surface area contributed by atoms with E-state index in [9.17, 15) is 4.79 Å². The van der Waals surface area contributed by atoms with Crippen molar-refractivity contribution in [3.8, 4) is 0 Å². The third-order valence-electron chi connectivity index (χ3n) is 2.25. The number of aryl methyl sites for hydroxylation is 1. The molecule has 0 saturated heterocycles. The second-order valence-corrected chi connectivity index (χ2v) is 5.24. The van der Waals surface area contributed by atoms with Crippen LogP contribution in [-0.2, 0) is 11.8 Å². The molecule has 0 aliphatic heterocycles. The number of hydrogen-bond donors (Lipinski definition) is 1. The van der Waals surface area contributed by atoms with Gasteiger partial charge in [-0.05, 0) is 28.6 Å². The molecule has 0 bridgehead atoms. The number of hydrogen-bond acceptors (Lipinski definition) is 5. The third kappa shape index (κ3) is 4.22. The van der Waals surface area contributed by atoms with Crippen molar-refractivity contribution in [3.63, 3.8) is 0 Å². The number of rotatable bonds is 5. The van der Waals surface area contributed by atoms with Crippen LogP contribution in [0.2, 0.25) is 5.02 Å². The van der Waals surface area contributed by atoms with Gasteiger partial charge in [-0.15, -0.1) is 5.10 Å². The molecule has 2 aromatic rings. The first kappa shape index (κ1) is 13.8. The minimum atomic E-state index is -0.0649. The standard InChI is InChI=1S/C11H12ClN5OS/c1-17-11(14-15-16-17)19-6-5-10(18)13-9-4-2-3-8(12)7-9/h2-4,7H,5-6H2,1H3,(H,13,18). The first-order valence-electron chi connectivity index (χ1n) is 5.56. The van der Waals surface area contributed by atoms with Crippen LogP contribution in [0, 0.1) is 0 Å². The van der Waals surface area contributed by atoms with Crippen LogP contribution in [0.1, 0.15) is 6.42 Å². The van der Waals surface area contributed by atoms with E-state index in [-0.39, 0.29) is 5.91 Å². The smallest absolute Gasteiger partial charge is 0.225 e. The van der Waals surface area contributed by atoms with Gasteiger partial charge in [-0.1, -0.05) is 29.4 Å². The minimum absolute atomic E-state index is 0.0649. The highest BCUT2D eigenvalue weighted by Crippen LogP contribution is 2.16. The Morgan fingerprint density at radius 2 is 2.37 bits per heavy atom. The number of carbonyl (C=O) groups excluding carboxylic acids is 1. The van der Waals surface area contributed by atoms with E-state index in [1.54, 1.807) is 36.0 Å². The monoisotopic (exact) mass is 297 g/mol. The van der Waals surface area contributed by atoms with Crippen LogP contribution < -0.4 is 5.32 Å². The molecule has 1 aromatic heterocycles. The van der Waals surface area contributed by atoms with Crippen LogP contribution >= 0.6 is 23.4 Å². The third-order valence-corrected chi connectivity index (χ3v) is 3.50. The maximum atomic E-state index is 11.7. The first-order valence-corrected chi connectivity index (χ1v) is 6.92. The lowest BCUT2D eigenvalue weighted by molar-refractivity contribution is -0.115. The zero-order valence-corrected chi connectivity index (χ0v) is 11.8. The summed E-state index contributed by atoms with van der Waals surface area (Å²) in [6.07, 6.45) is 0.379. The molecule has 100 valence electrons. The number of carbonyl (C=O) groups is 1. The zero-order chi connectivity index (χ0) is 13.7. The van der Waals surface area contributed by atoms with Gasteiger partial charge < -0.3 is 5.32 Å². The van der Waals surface area contributed by atoms with Gasteiger partial charge in [0.1, 0.15) is 0 Å². The number of benzene rings is 1. The number of nitrogens with one attached hydrogen (secondary N) is 1. The summed E-state index contributed by atoms with van der Waals surface area (Å²) in [5, 5.41) is 15.1. The Balaban J connectivity index is 1.77. The van der Waals surface area contributed by atoms with Crippen molar-refractivity contribution >= 4 is 35.0 Å². The van der Waals surface area contributed by atoms with Crippen LogP contribution in [-0.4, -0.2) is 31.9 Å². The fourth-order valence-corrected chi connectivity index (χ4v) is 2.35. The molecule has 0 saturated carbocycles. The highest BCUT2D eigenvalue weighted by molar-refractivity contribution is 7.99. The fraction of sp³-hybridized carbons (Fsp3) is 0.273. The summed E-state index contributed by atoms with van der Waals surface area (Å²) in [5.41, 5.74) is 0.697. The van der Waals surface area contributed by atoms with Gasteiger partial charge in [0.05, 0.1) is 0 Å². The molecule has 0 atom stereocenters. The summed E-state index contributed by atoms with van der Waals surface area (Å²) in [6.45, 7) is 0. The summed E-state index contributed by atoms with van der Waals surface area (Å²) < 4.78 is 1.57. The normalized spacial score (nSPS) is 10.4. The second kappa shape index (κ2) is 6.53. The first-order chi connectivity index (χ1) is 9.15. The van der Waals surface area contributed by atoms with Gasteiger partial charge in [-0.3, -0.25) is 4.79 Å². The van der Waals surface area contributed by atoms with Crippen molar-refractivity contribution in [1.29, 1.82) is 0 Å². The molecule has 1 N–H and O–H groups in total. The molecule has 1 heterocycles. The number of thioether (sulfide) groups is 1. The van der Waals surface area contributed by atoms with Crippen molar-refractivity contribution in [3.05, 3.63) is 29.3 Å². The van der Waals surface area contributed by atoms with E-state index in [0.717, 1.165) is 0 Å². The molecular formula is C11H12ClN5OS. The van der Waals surface area contributed by atoms with Gasteiger partial charge in [-0.25, -0.2) is 4.68 Å². The van der Waals surface area contributed by atoms with Crippen LogP contribution in [0.5, 0.6) is 0 Å². The minimum Gasteiger partial charge on any atom is -0.326 e. The van der Waals surface area contributed by atoms with E-state index in [1.165, 1.54) is 11.8 Å². The predicted molar refractivity (Wildman–Crippen MR) is 74.2 cm³/mol. The van der Waals surface area contributed by atoms with Crippen molar-refractivity contribution in [2.24, 2.45) is 7.05 Å². The van der Waals surface area contributed by atoms with E-state index >= 15 is 0 Å². The molecule has 1 amide bonds. The average molecular weight is 298 g/mol. The second-order valence-electron chi connectivity index (χ2n) is 3.74. The molecule has 0 unspecified atom stereocenters. The van der Waals surface area contributed by atoms with E-state index in [0.29, 0.717) is 28.0 Å². The van der Waals surface area contributed by atoms with Gasteiger partial charge in [0, 0.05) is 29.9 Å². The van der Waals surface area contributed by atoms with E-state index in [1.807, 2.05) is 0 Å². The van der Waals surface area contributed by atoms with Gasteiger partial charge in [0.15, 0.2) is 0 Å². The average Bonchev–Trinajstić information content (AvgIpc) is 2.75. The molecule has 19 heavy (non-hydrogen) atoms. The highest BCUT2D eigenvalue weighted by Gasteiger charge is 2.06. The highest BCUT2D eigenvalue weighted by atomic mass is 35.5. The van der Waals surface area contributed by atoms with Crippen LogP contribution in [0.15, 0.2) is 29.4 Å². The molecule has 2 rings (SSSR count). The van der Waals surface area contributed by atoms with Crippen LogP contribution in [0.25, 0.3) is 0 Å². The molecule has 8 heteroatoms. The number of tetrazole rings is 1. The molecule has 0 aliphatic carbocycles. The maximum absolute atomic E-state index is 11.7. The Hall–Kier alpha value is -1.60. The Morgan fingerprint density at radius 1 is 1.53 bits per heavy atom. The summed E-state index contributed by atoms with van der Waals surface area (Å²) in [6, 6.07) is 7.05. The lowest BCUT2D eigenvalue weighted by Gasteiger charge is -2.05. The van der Waals surface area contributed by atoms with Gasteiger partial charge in [-0.2, -0.15) is 0 Å². The van der Waals surface area contributed by atoms with Crippen molar-refractivity contribution in [1.82, 2.24) is 20.2 Å². The molecule has 0 fully saturated rings. The Morgan fingerprint density at radius 3 is 3.05 bits per heavy atom. The summed E-state index contributed by atoms with van der Waals surface area (Å²) in [5.74, 6) is 0.547. The van der Waals surface area contributed by atoms with E-state index in [2.05, 4.69) is 20.8 Å². The number of amides is 1.